The van der Waals surface area contributed by atoms with Gasteiger partial charge in [0.2, 0.25) is 0 Å². The molecule has 88 valence electrons. The molecule has 2 rings (SSSR count). The van der Waals surface area contributed by atoms with Crippen LogP contribution < -0.4 is 5.73 Å². The summed E-state index contributed by atoms with van der Waals surface area (Å²) in [4.78, 5) is 12.9. The predicted molar refractivity (Wildman–Crippen MR) is 68.4 cm³/mol. The summed E-state index contributed by atoms with van der Waals surface area (Å²) in [5, 5.41) is 0. The van der Waals surface area contributed by atoms with Crippen molar-refractivity contribution in [3.05, 3.63) is 35.9 Å². The molecule has 2 aromatic rings. The van der Waals surface area contributed by atoms with Crippen LogP contribution in [0.1, 0.15) is 24.7 Å². The van der Waals surface area contributed by atoms with Crippen molar-refractivity contribution in [2.24, 2.45) is 0 Å². The molecule has 2 heterocycles. The molecular formula is C13H16N4. The molecule has 17 heavy (non-hydrogen) atoms. The van der Waals surface area contributed by atoms with Crippen molar-refractivity contribution >= 4 is 5.82 Å². The molecule has 0 unspecified atom stereocenters. The van der Waals surface area contributed by atoms with Crippen LogP contribution in [-0.2, 0) is 6.42 Å². The summed E-state index contributed by atoms with van der Waals surface area (Å²) in [6.07, 6.45) is 5.44. The SMILES string of the molecule is CCCc1nc(N)cc(-c2cnccc2C)n1. The Morgan fingerprint density at radius 2 is 2.12 bits per heavy atom. The highest BCUT2D eigenvalue weighted by atomic mass is 14.9. The van der Waals surface area contributed by atoms with Gasteiger partial charge in [-0.1, -0.05) is 6.92 Å². The van der Waals surface area contributed by atoms with E-state index < -0.39 is 0 Å². The second-order valence-electron chi connectivity index (χ2n) is 4.03. The van der Waals surface area contributed by atoms with E-state index in [1.54, 1.807) is 12.3 Å². The molecule has 2 aromatic heterocycles. The lowest BCUT2D eigenvalue weighted by Gasteiger charge is -2.07. The van der Waals surface area contributed by atoms with Gasteiger partial charge in [-0.15, -0.1) is 0 Å². The van der Waals surface area contributed by atoms with E-state index in [2.05, 4.69) is 21.9 Å². The summed E-state index contributed by atoms with van der Waals surface area (Å²) in [6.45, 7) is 4.14. The Bertz CT molecular complexity index is 523. The molecule has 0 aliphatic carbocycles. The first-order valence-corrected chi connectivity index (χ1v) is 5.75. The highest BCUT2D eigenvalue weighted by Crippen LogP contribution is 2.21. The van der Waals surface area contributed by atoms with Crippen LogP contribution in [0, 0.1) is 6.92 Å². The van der Waals surface area contributed by atoms with E-state index in [1.807, 2.05) is 19.2 Å². The number of hydrogen-bond acceptors (Lipinski definition) is 4. The Labute approximate surface area is 101 Å². The van der Waals surface area contributed by atoms with Crippen molar-refractivity contribution in [1.29, 1.82) is 0 Å². The summed E-state index contributed by atoms with van der Waals surface area (Å²) >= 11 is 0. The number of nitrogen functional groups attached to an aromatic ring is 1. The minimum absolute atomic E-state index is 0.515. The van der Waals surface area contributed by atoms with E-state index in [1.165, 1.54) is 0 Å². The Hall–Kier alpha value is -1.97. The zero-order chi connectivity index (χ0) is 12.3. The number of anilines is 1. The third-order valence-corrected chi connectivity index (χ3v) is 2.58. The quantitative estimate of drug-likeness (QED) is 0.876. The smallest absolute Gasteiger partial charge is 0.131 e. The third-order valence-electron chi connectivity index (χ3n) is 2.58. The van der Waals surface area contributed by atoms with E-state index in [9.17, 15) is 0 Å². The van der Waals surface area contributed by atoms with Crippen LogP contribution in [0.3, 0.4) is 0 Å². The van der Waals surface area contributed by atoms with E-state index in [0.717, 1.165) is 35.5 Å². The van der Waals surface area contributed by atoms with Crippen molar-refractivity contribution in [2.75, 3.05) is 5.73 Å². The molecule has 0 saturated carbocycles. The molecule has 0 aliphatic heterocycles. The van der Waals surface area contributed by atoms with Crippen LogP contribution in [0.25, 0.3) is 11.3 Å². The first-order chi connectivity index (χ1) is 8.20. The summed E-state index contributed by atoms with van der Waals surface area (Å²) in [6, 6.07) is 3.76. The summed E-state index contributed by atoms with van der Waals surface area (Å²) in [5.41, 5.74) is 8.81. The Morgan fingerprint density at radius 1 is 1.29 bits per heavy atom. The average molecular weight is 228 g/mol. The molecule has 4 heteroatoms. The number of aromatic nitrogens is 3. The van der Waals surface area contributed by atoms with Gasteiger partial charge in [0.1, 0.15) is 11.6 Å². The number of nitrogens with two attached hydrogens (primary N) is 1. The molecule has 0 amide bonds. The topological polar surface area (TPSA) is 64.7 Å². The number of hydrogen-bond donors (Lipinski definition) is 1. The number of aryl methyl sites for hydroxylation is 2. The molecule has 0 aromatic carbocycles. The Kier molecular flexibility index (Phi) is 3.32. The van der Waals surface area contributed by atoms with Gasteiger partial charge >= 0.3 is 0 Å². The fourth-order valence-electron chi connectivity index (χ4n) is 1.72. The van der Waals surface area contributed by atoms with Gasteiger partial charge in [-0.3, -0.25) is 4.98 Å². The number of pyridine rings is 1. The van der Waals surface area contributed by atoms with Crippen LogP contribution in [-0.4, -0.2) is 15.0 Å². The van der Waals surface area contributed by atoms with Crippen molar-refractivity contribution in [3.63, 3.8) is 0 Å². The maximum absolute atomic E-state index is 5.81. The predicted octanol–water partition coefficient (Wildman–Crippen LogP) is 2.38. The summed E-state index contributed by atoms with van der Waals surface area (Å²) in [5.74, 6) is 1.31. The van der Waals surface area contributed by atoms with E-state index in [0.29, 0.717) is 5.82 Å². The largest absolute Gasteiger partial charge is 0.384 e. The van der Waals surface area contributed by atoms with Crippen molar-refractivity contribution in [1.82, 2.24) is 15.0 Å². The van der Waals surface area contributed by atoms with Crippen molar-refractivity contribution < 1.29 is 0 Å². The molecule has 2 N–H and O–H groups in total. The monoisotopic (exact) mass is 228 g/mol. The second-order valence-corrected chi connectivity index (χ2v) is 4.03. The van der Waals surface area contributed by atoms with Crippen molar-refractivity contribution in [3.8, 4) is 11.3 Å². The van der Waals surface area contributed by atoms with Gasteiger partial charge in [0.25, 0.3) is 0 Å². The van der Waals surface area contributed by atoms with Crippen LogP contribution in [0.5, 0.6) is 0 Å². The minimum atomic E-state index is 0.515. The van der Waals surface area contributed by atoms with Gasteiger partial charge in [0, 0.05) is 30.4 Å². The molecule has 0 spiro atoms. The Morgan fingerprint density at radius 3 is 2.82 bits per heavy atom. The zero-order valence-electron chi connectivity index (χ0n) is 10.1. The van der Waals surface area contributed by atoms with Gasteiger partial charge in [0.05, 0.1) is 5.69 Å². The molecule has 0 saturated heterocycles. The number of rotatable bonds is 3. The van der Waals surface area contributed by atoms with Crippen LogP contribution in [0.4, 0.5) is 5.82 Å². The molecule has 0 atom stereocenters. The van der Waals surface area contributed by atoms with Gasteiger partial charge in [-0.05, 0) is 25.0 Å². The summed E-state index contributed by atoms with van der Waals surface area (Å²) in [7, 11) is 0. The lowest BCUT2D eigenvalue weighted by molar-refractivity contribution is 0.839. The average Bonchev–Trinajstić information content (AvgIpc) is 2.29. The van der Waals surface area contributed by atoms with Gasteiger partial charge in [-0.25, -0.2) is 9.97 Å². The maximum atomic E-state index is 5.81. The normalized spacial score (nSPS) is 10.5. The Balaban J connectivity index is 2.48. The molecular weight excluding hydrogens is 212 g/mol. The standard InChI is InChI=1S/C13H16N4/c1-3-4-13-16-11(7-12(14)17-13)10-8-15-6-5-9(10)2/h5-8H,3-4H2,1-2H3,(H2,14,16,17). The van der Waals surface area contributed by atoms with Crippen molar-refractivity contribution in [2.45, 2.75) is 26.7 Å². The number of nitrogens with zero attached hydrogens (tertiary/aromatic N) is 3. The molecule has 0 fully saturated rings. The third kappa shape index (κ3) is 2.58. The van der Waals surface area contributed by atoms with E-state index in [4.69, 9.17) is 5.73 Å². The highest BCUT2D eigenvalue weighted by molar-refractivity contribution is 5.64. The minimum Gasteiger partial charge on any atom is -0.384 e. The van der Waals surface area contributed by atoms with Crippen LogP contribution >= 0.6 is 0 Å². The molecule has 0 aliphatic rings. The second kappa shape index (κ2) is 4.91. The lowest BCUT2D eigenvalue weighted by Crippen LogP contribution is -2.01. The first kappa shape index (κ1) is 11.5. The van der Waals surface area contributed by atoms with Crippen LogP contribution in [0.2, 0.25) is 0 Å². The first-order valence-electron chi connectivity index (χ1n) is 5.75. The molecule has 0 bridgehead atoms. The van der Waals surface area contributed by atoms with Gasteiger partial charge in [-0.2, -0.15) is 0 Å². The molecule has 4 nitrogen and oxygen atoms in total. The molecule has 0 radical (unpaired) electrons. The maximum Gasteiger partial charge on any atom is 0.131 e. The zero-order valence-corrected chi connectivity index (χ0v) is 10.1. The van der Waals surface area contributed by atoms with E-state index >= 15 is 0 Å². The fraction of sp³-hybridized carbons (Fsp3) is 0.308. The van der Waals surface area contributed by atoms with E-state index in [-0.39, 0.29) is 0 Å². The van der Waals surface area contributed by atoms with Gasteiger partial charge < -0.3 is 5.73 Å². The van der Waals surface area contributed by atoms with Gasteiger partial charge in [0.15, 0.2) is 0 Å². The lowest BCUT2D eigenvalue weighted by atomic mass is 10.1. The van der Waals surface area contributed by atoms with Crippen LogP contribution in [0.15, 0.2) is 24.5 Å². The summed E-state index contributed by atoms with van der Waals surface area (Å²) < 4.78 is 0. The highest BCUT2D eigenvalue weighted by Gasteiger charge is 2.07. The fourth-order valence-corrected chi connectivity index (χ4v) is 1.72.